The van der Waals surface area contributed by atoms with Gasteiger partial charge >= 0.3 is 0 Å². The molecule has 4 nitrogen and oxygen atoms in total. The molecular formula is C53H51BN3OPt-. The Hall–Kier alpha value is -5.38. The number of pyridine rings is 2. The van der Waals surface area contributed by atoms with Crippen LogP contribution in [0.3, 0.4) is 0 Å². The van der Waals surface area contributed by atoms with Gasteiger partial charge in [0, 0.05) is 61.5 Å². The van der Waals surface area contributed by atoms with Crippen LogP contribution < -0.4 is 11.1 Å². The first-order valence-corrected chi connectivity index (χ1v) is 20.3. The van der Waals surface area contributed by atoms with Crippen LogP contribution in [0, 0.1) is 6.07 Å². The van der Waals surface area contributed by atoms with Crippen LogP contribution in [0.5, 0.6) is 5.75 Å². The fourth-order valence-corrected chi connectivity index (χ4v) is 8.16. The van der Waals surface area contributed by atoms with Crippen molar-refractivity contribution < 1.29 is 26.2 Å². The Morgan fingerprint density at radius 1 is 0.542 bits per heavy atom. The van der Waals surface area contributed by atoms with Gasteiger partial charge in [-0.1, -0.05) is 193 Å². The van der Waals surface area contributed by atoms with Gasteiger partial charge in [0.05, 0.1) is 5.69 Å². The topological polar surface area (TPSA) is 58.4 Å². The van der Waals surface area contributed by atoms with Crippen LogP contribution in [0.25, 0.3) is 44.6 Å². The summed E-state index contributed by atoms with van der Waals surface area (Å²) in [5.41, 5.74) is 15.0. The third-order valence-electron chi connectivity index (χ3n) is 11.3. The van der Waals surface area contributed by atoms with E-state index in [0.717, 1.165) is 78.1 Å². The van der Waals surface area contributed by atoms with Crippen molar-refractivity contribution in [2.45, 2.75) is 78.6 Å². The molecule has 1 aliphatic heterocycles. The number of phenols is 1. The Morgan fingerprint density at radius 3 is 1.83 bits per heavy atom. The smallest absolute Gasteiger partial charge is 0.291 e. The van der Waals surface area contributed by atoms with Crippen molar-refractivity contribution in [2.24, 2.45) is 4.99 Å². The molecule has 0 bridgehead atoms. The largest absolute Gasteiger partial charge is 0.507 e. The minimum atomic E-state index is -0.346. The molecule has 3 heterocycles. The summed E-state index contributed by atoms with van der Waals surface area (Å²) in [6.45, 7) is 19.6. The van der Waals surface area contributed by atoms with E-state index in [0.29, 0.717) is 0 Å². The number of rotatable bonds is 6. The summed E-state index contributed by atoms with van der Waals surface area (Å²) in [4.78, 5) is 15.6. The standard InChI is InChI=1S/C53H51BN3O.Pt/c1-51(2,3)38-32-42(48(58)44(33-38)53(7,8)9)49-54(45-26-24-36(31-43(45)52(4,5)6)34-18-12-10-13-19-34)50-47(57-49)40(27-29-56-50)37-23-25-39(35-20-14-11-15-21-35)41(30-37)46-22-16-17-28-55-46;/h10-29,31-33,58H,1-9H3;/q-1;. The van der Waals surface area contributed by atoms with E-state index >= 15 is 0 Å². The summed E-state index contributed by atoms with van der Waals surface area (Å²) in [5, 5.41) is 12.4. The molecule has 1 aliphatic rings. The number of aromatic nitrogens is 2. The number of benzene rings is 5. The zero-order valence-electron chi connectivity index (χ0n) is 35.5. The second-order valence-electron chi connectivity index (χ2n) is 18.6. The third-order valence-corrected chi connectivity index (χ3v) is 11.3. The van der Waals surface area contributed by atoms with Crippen LogP contribution in [0.4, 0.5) is 5.69 Å². The summed E-state index contributed by atoms with van der Waals surface area (Å²) in [5.74, 6) is 0.271. The quantitative estimate of drug-likeness (QED) is 0.133. The van der Waals surface area contributed by atoms with Gasteiger partial charge in [-0.05, 0) is 50.6 Å². The molecular weight excluding hydrogens is 900 g/mol. The molecule has 0 unspecified atom stereocenters. The molecule has 0 aliphatic carbocycles. The monoisotopic (exact) mass is 951 g/mol. The van der Waals surface area contributed by atoms with Gasteiger partial charge in [-0.15, -0.1) is 23.8 Å². The van der Waals surface area contributed by atoms with Crippen molar-refractivity contribution in [1.29, 1.82) is 0 Å². The first-order chi connectivity index (χ1) is 27.6. The molecule has 5 aromatic carbocycles. The van der Waals surface area contributed by atoms with Gasteiger partial charge in [0.15, 0.2) is 0 Å². The molecule has 0 atom stereocenters. The summed E-state index contributed by atoms with van der Waals surface area (Å²) < 4.78 is 0. The number of phenolic OH excluding ortho intramolecular Hbond substituents is 1. The fourth-order valence-electron chi connectivity index (χ4n) is 8.16. The van der Waals surface area contributed by atoms with Crippen molar-refractivity contribution >= 4 is 29.1 Å². The van der Waals surface area contributed by atoms with E-state index < -0.39 is 0 Å². The molecule has 1 N–H and O–H groups in total. The van der Waals surface area contributed by atoms with Gasteiger partial charge < -0.3 is 5.11 Å². The Morgan fingerprint density at radius 2 is 1.20 bits per heavy atom. The molecule has 0 saturated carbocycles. The molecule has 8 rings (SSSR count). The van der Waals surface area contributed by atoms with E-state index in [1.807, 2.05) is 42.7 Å². The van der Waals surface area contributed by atoms with Crippen molar-refractivity contribution in [3.63, 3.8) is 0 Å². The van der Waals surface area contributed by atoms with Crippen molar-refractivity contribution in [1.82, 2.24) is 9.97 Å². The van der Waals surface area contributed by atoms with E-state index in [2.05, 4.69) is 165 Å². The maximum absolute atomic E-state index is 12.4. The summed E-state index contributed by atoms with van der Waals surface area (Å²) in [7, 11) is 0. The maximum atomic E-state index is 12.4. The van der Waals surface area contributed by atoms with Crippen LogP contribution in [0.1, 0.15) is 84.6 Å². The second kappa shape index (κ2) is 16.0. The molecule has 0 spiro atoms. The fraction of sp³-hybridized carbons (Fsp3) is 0.226. The predicted molar refractivity (Wildman–Crippen MR) is 244 cm³/mol. The van der Waals surface area contributed by atoms with Crippen LogP contribution in [-0.4, -0.2) is 27.4 Å². The average Bonchev–Trinajstić information content (AvgIpc) is 3.60. The summed E-state index contributed by atoms with van der Waals surface area (Å²) in [6, 6.07) is 48.3. The zero-order chi connectivity index (χ0) is 41.0. The first-order valence-electron chi connectivity index (χ1n) is 20.3. The van der Waals surface area contributed by atoms with E-state index in [4.69, 9.17) is 15.0 Å². The Balaban J connectivity index is 0.00000528. The van der Waals surface area contributed by atoms with Crippen LogP contribution in [0.15, 0.2) is 145 Å². The van der Waals surface area contributed by atoms with Crippen LogP contribution in [0.2, 0.25) is 0 Å². The number of nitrogens with zero attached hydrogens (tertiary/aromatic N) is 3. The van der Waals surface area contributed by atoms with Gasteiger partial charge in [0.2, 0.25) is 0 Å². The Kier molecular flexibility index (Phi) is 11.3. The minimum Gasteiger partial charge on any atom is -0.507 e. The maximum Gasteiger partial charge on any atom is 0.291 e. The molecule has 0 radical (unpaired) electrons. The van der Waals surface area contributed by atoms with Crippen molar-refractivity contribution in [2.75, 3.05) is 0 Å². The number of hydrogen-bond acceptors (Lipinski definition) is 4. The molecule has 0 fully saturated rings. The molecule has 298 valence electrons. The normalized spacial score (nSPS) is 12.8. The number of aliphatic imine (C=N–C) groups is 1. The molecule has 6 heteroatoms. The first kappa shape index (κ1) is 41.8. The minimum absolute atomic E-state index is 0. The van der Waals surface area contributed by atoms with Crippen molar-refractivity contribution in [3.05, 3.63) is 168 Å². The van der Waals surface area contributed by atoms with Gasteiger partial charge in [-0.3, -0.25) is 15.0 Å². The number of aromatic hydroxyl groups is 1. The second-order valence-corrected chi connectivity index (χ2v) is 18.6. The average molecular weight is 952 g/mol. The van der Waals surface area contributed by atoms with E-state index in [-0.39, 0.29) is 49.8 Å². The molecule has 7 aromatic rings. The van der Waals surface area contributed by atoms with Gasteiger partial charge in [0.25, 0.3) is 6.71 Å². The zero-order valence-corrected chi connectivity index (χ0v) is 37.7. The molecule has 0 saturated heterocycles. The summed E-state index contributed by atoms with van der Waals surface area (Å²) in [6.07, 6.45) is 3.73. The molecule has 59 heavy (non-hydrogen) atoms. The van der Waals surface area contributed by atoms with Crippen LogP contribution in [-0.2, 0) is 37.3 Å². The number of fused-ring (bicyclic) bond motifs is 1. The SMILES string of the molecule is CC(C)(C)c1cc(C2=Nc3c(-c4[c-]c(-c5ccccn5)c(-c5ccccc5)cc4)ccnc3B2c2ccc(-c3ccccc3)cc2C(C)(C)C)c(O)c(C(C)(C)C)c1.[Pt]. The number of hydrogen-bond donors (Lipinski definition) is 1. The van der Waals surface area contributed by atoms with Crippen molar-refractivity contribution in [3.8, 4) is 50.4 Å². The Bertz CT molecular complexity index is 2670. The summed E-state index contributed by atoms with van der Waals surface area (Å²) >= 11 is 0. The van der Waals surface area contributed by atoms with Crippen LogP contribution >= 0.6 is 0 Å². The molecule has 0 amide bonds. The molecule has 2 aromatic heterocycles. The van der Waals surface area contributed by atoms with E-state index in [1.165, 1.54) is 11.1 Å². The predicted octanol–water partition coefficient (Wildman–Crippen LogP) is 11.8. The van der Waals surface area contributed by atoms with Gasteiger partial charge in [-0.2, -0.15) is 0 Å². The van der Waals surface area contributed by atoms with E-state index in [9.17, 15) is 5.11 Å². The van der Waals surface area contributed by atoms with Gasteiger partial charge in [-0.25, -0.2) is 0 Å². The van der Waals surface area contributed by atoms with Gasteiger partial charge in [0.1, 0.15) is 5.75 Å². The Labute approximate surface area is 365 Å². The third kappa shape index (κ3) is 8.15. The van der Waals surface area contributed by atoms with E-state index in [1.54, 1.807) is 0 Å².